The van der Waals surface area contributed by atoms with Crippen molar-refractivity contribution in [1.29, 1.82) is 0 Å². The lowest BCUT2D eigenvalue weighted by molar-refractivity contribution is 0.206. The predicted molar refractivity (Wildman–Crippen MR) is 119 cm³/mol. The van der Waals surface area contributed by atoms with Crippen molar-refractivity contribution in [1.82, 2.24) is 15.0 Å². The number of phenols is 1. The molecule has 3 aromatic rings. The van der Waals surface area contributed by atoms with Crippen LogP contribution < -0.4 is 24.8 Å². The van der Waals surface area contributed by atoms with Crippen LogP contribution in [0.5, 0.6) is 17.2 Å². The maximum atomic E-state index is 12.7. The molecular weight excluding hydrogens is 402 g/mol. The van der Waals surface area contributed by atoms with E-state index in [1.807, 2.05) is 19.2 Å². The first-order chi connectivity index (χ1) is 14.9. The van der Waals surface area contributed by atoms with E-state index in [0.29, 0.717) is 24.6 Å². The third-order valence-electron chi connectivity index (χ3n) is 4.93. The number of pyridine rings is 1. The van der Waals surface area contributed by atoms with Gasteiger partial charge in [-0.15, -0.1) is 0 Å². The van der Waals surface area contributed by atoms with Gasteiger partial charge in [0.25, 0.3) is 5.56 Å². The number of anilines is 2. The number of aromatic amines is 1. The fraction of sp³-hybridized carbons (Fsp3) is 0.381. The van der Waals surface area contributed by atoms with Gasteiger partial charge in [0.05, 0.1) is 38.6 Å². The zero-order chi connectivity index (χ0) is 22.5. The Hall–Kier alpha value is -3.53. The van der Waals surface area contributed by atoms with E-state index in [1.165, 1.54) is 14.2 Å². The lowest BCUT2D eigenvalue weighted by atomic mass is 10.2. The zero-order valence-electron chi connectivity index (χ0n) is 18.3. The number of phenolic OH excluding ortho intramolecular Hbond substituents is 1. The summed E-state index contributed by atoms with van der Waals surface area (Å²) in [5, 5.41) is 10.5. The summed E-state index contributed by atoms with van der Waals surface area (Å²) in [6, 6.07) is 5.47. The SMILES string of the molecule is COCCN(C)c1ccnc(CN(C)c2nc3cc(OC)c(OC)c(O)c3c(=O)[nH]2)c1. The average molecular weight is 429 g/mol. The maximum absolute atomic E-state index is 12.7. The Morgan fingerprint density at radius 2 is 1.90 bits per heavy atom. The number of hydrogen-bond donors (Lipinski definition) is 2. The molecule has 10 heteroatoms. The largest absolute Gasteiger partial charge is 0.504 e. The Labute approximate surface area is 180 Å². The highest BCUT2D eigenvalue weighted by Gasteiger charge is 2.19. The van der Waals surface area contributed by atoms with Crippen LogP contribution in [0.1, 0.15) is 5.69 Å². The van der Waals surface area contributed by atoms with Crippen LogP contribution in [0.4, 0.5) is 11.6 Å². The van der Waals surface area contributed by atoms with Gasteiger partial charge in [0, 0.05) is 45.7 Å². The summed E-state index contributed by atoms with van der Waals surface area (Å²) < 4.78 is 15.5. The van der Waals surface area contributed by atoms with Crippen molar-refractivity contribution >= 4 is 22.5 Å². The van der Waals surface area contributed by atoms with Crippen molar-refractivity contribution < 1.29 is 19.3 Å². The summed E-state index contributed by atoms with van der Waals surface area (Å²) in [5.41, 5.74) is 1.63. The molecule has 2 N–H and O–H groups in total. The minimum absolute atomic E-state index is 0.0368. The van der Waals surface area contributed by atoms with Crippen molar-refractivity contribution in [3.8, 4) is 17.2 Å². The molecule has 0 bridgehead atoms. The molecule has 0 amide bonds. The second kappa shape index (κ2) is 9.52. The summed E-state index contributed by atoms with van der Waals surface area (Å²) in [6.45, 7) is 1.79. The average Bonchev–Trinajstić information content (AvgIpc) is 2.76. The van der Waals surface area contributed by atoms with Crippen LogP contribution in [-0.4, -0.2) is 68.6 Å². The number of ether oxygens (including phenoxy) is 3. The van der Waals surface area contributed by atoms with Crippen LogP contribution in [0.25, 0.3) is 10.9 Å². The summed E-state index contributed by atoms with van der Waals surface area (Å²) in [6.07, 6.45) is 1.74. The smallest absolute Gasteiger partial charge is 0.264 e. The second-order valence-corrected chi connectivity index (χ2v) is 7.02. The quantitative estimate of drug-likeness (QED) is 0.525. The highest BCUT2D eigenvalue weighted by Crippen LogP contribution is 2.40. The van der Waals surface area contributed by atoms with Crippen LogP contribution in [-0.2, 0) is 11.3 Å². The van der Waals surface area contributed by atoms with E-state index in [4.69, 9.17) is 14.2 Å². The molecule has 31 heavy (non-hydrogen) atoms. The third kappa shape index (κ3) is 4.64. The number of rotatable bonds is 9. The van der Waals surface area contributed by atoms with Gasteiger partial charge in [0.15, 0.2) is 11.5 Å². The lowest BCUT2D eigenvalue weighted by Gasteiger charge is -2.21. The first-order valence-electron chi connectivity index (χ1n) is 9.63. The Morgan fingerprint density at radius 3 is 2.58 bits per heavy atom. The number of fused-ring (bicyclic) bond motifs is 1. The van der Waals surface area contributed by atoms with E-state index >= 15 is 0 Å². The van der Waals surface area contributed by atoms with Gasteiger partial charge >= 0.3 is 0 Å². The van der Waals surface area contributed by atoms with E-state index in [0.717, 1.165) is 17.9 Å². The number of methoxy groups -OCH3 is 3. The maximum Gasteiger partial charge on any atom is 0.264 e. The molecule has 0 fully saturated rings. The van der Waals surface area contributed by atoms with Crippen molar-refractivity contribution in [2.24, 2.45) is 0 Å². The minimum atomic E-state index is -0.480. The molecule has 10 nitrogen and oxygen atoms in total. The number of H-pyrrole nitrogens is 1. The van der Waals surface area contributed by atoms with E-state index in [-0.39, 0.29) is 22.6 Å². The highest BCUT2D eigenvalue weighted by atomic mass is 16.5. The number of likely N-dealkylation sites (N-methyl/N-ethyl adjacent to an activating group) is 1. The zero-order valence-corrected chi connectivity index (χ0v) is 18.3. The molecule has 0 aliphatic rings. The molecule has 0 saturated carbocycles. The Bertz CT molecular complexity index is 1120. The summed E-state index contributed by atoms with van der Waals surface area (Å²) in [5.74, 6) is 0.395. The topological polar surface area (TPSA) is 113 Å². The van der Waals surface area contributed by atoms with Gasteiger partial charge < -0.3 is 29.1 Å². The second-order valence-electron chi connectivity index (χ2n) is 7.02. The van der Waals surface area contributed by atoms with E-state index in [1.54, 1.807) is 31.3 Å². The molecule has 0 saturated heterocycles. The van der Waals surface area contributed by atoms with Crippen LogP contribution in [0.2, 0.25) is 0 Å². The highest BCUT2D eigenvalue weighted by molar-refractivity contribution is 5.89. The van der Waals surface area contributed by atoms with Gasteiger partial charge in [0.1, 0.15) is 5.39 Å². The van der Waals surface area contributed by atoms with Gasteiger partial charge in [-0.1, -0.05) is 0 Å². The number of hydrogen-bond acceptors (Lipinski definition) is 9. The van der Waals surface area contributed by atoms with E-state index in [9.17, 15) is 9.90 Å². The number of aromatic hydroxyl groups is 1. The molecule has 166 valence electrons. The van der Waals surface area contributed by atoms with Crippen LogP contribution in [0.3, 0.4) is 0 Å². The van der Waals surface area contributed by atoms with Gasteiger partial charge in [-0.2, -0.15) is 0 Å². The normalized spacial score (nSPS) is 10.9. The van der Waals surface area contributed by atoms with Gasteiger partial charge in [-0.25, -0.2) is 4.98 Å². The van der Waals surface area contributed by atoms with Crippen molar-refractivity contribution in [3.05, 3.63) is 40.4 Å². The predicted octanol–water partition coefficient (Wildman–Crippen LogP) is 1.76. The van der Waals surface area contributed by atoms with Gasteiger partial charge in [-0.05, 0) is 12.1 Å². The van der Waals surface area contributed by atoms with E-state index in [2.05, 4.69) is 19.9 Å². The summed E-state index contributed by atoms with van der Waals surface area (Å²) in [4.78, 5) is 28.2. The fourth-order valence-corrected chi connectivity index (χ4v) is 3.23. The Balaban J connectivity index is 1.91. The molecule has 3 rings (SSSR count). The van der Waals surface area contributed by atoms with Crippen molar-refractivity contribution in [2.45, 2.75) is 6.54 Å². The fourth-order valence-electron chi connectivity index (χ4n) is 3.23. The minimum Gasteiger partial charge on any atom is -0.504 e. The molecule has 2 aromatic heterocycles. The Kier molecular flexibility index (Phi) is 6.81. The monoisotopic (exact) mass is 429 g/mol. The summed E-state index contributed by atoms with van der Waals surface area (Å²) in [7, 11) is 8.29. The molecular formula is C21H27N5O5. The van der Waals surface area contributed by atoms with Crippen molar-refractivity contribution in [3.63, 3.8) is 0 Å². The number of nitrogens with one attached hydrogen (secondary N) is 1. The Morgan fingerprint density at radius 1 is 1.13 bits per heavy atom. The summed E-state index contributed by atoms with van der Waals surface area (Å²) >= 11 is 0. The van der Waals surface area contributed by atoms with Gasteiger partial charge in [-0.3, -0.25) is 14.8 Å². The van der Waals surface area contributed by atoms with E-state index < -0.39 is 5.56 Å². The van der Waals surface area contributed by atoms with Gasteiger partial charge in [0.2, 0.25) is 11.7 Å². The third-order valence-corrected chi connectivity index (χ3v) is 4.93. The molecule has 1 aromatic carbocycles. The molecule has 0 spiro atoms. The number of benzene rings is 1. The van der Waals surface area contributed by atoms with Crippen LogP contribution in [0, 0.1) is 0 Å². The molecule has 0 radical (unpaired) electrons. The van der Waals surface area contributed by atoms with Crippen LogP contribution >= 0.6 is 0 Å². The molecule has 2 heterocycles. The van der Waals surface area contributed by atoms with Crippen molar-refractivity contribution in [2.75, 3.05) is 58.4 Å². The molecule has 0 aliphatic carbocycles. The van der Waals surface area contributed by atoms with Crippen LogP contribution in [0.15, 0.2) is 29.2 Å². The molecule has 0 atom stereocenters. The number of aromatic nitrogens is 3. The number of nitrogens with zero attached hydrogens (tertiary/aromatic N) is 4. The standard InChI is InChI=1S/C21H27N5O5/c1-25(8-9-29-3)14-6-7-22-13(10-14)12-26(2)21-23-15-11-16(30-4)19(31-5)18(27)17(15)20(28)24-21/h6-7,10-11,27H,8-9,12H2,1-5H3,(H,23,24,28). The molecule has 0 aliphatic heterocycles. The lowest BCUT2D eigenvalue weighted by Crippen LogP contribution is -2.24. The first kappa shape index (κ1) is 22.2. The molecule has 0 unspecified atom stereocenters. The first-order valence-corrected chi connectivity index (χ1v) is 9.63.